The number of hydrogen-bond acceptors (Lipinski definition) is 5. The summed E-state index contributed by atoms with van der Waals surface area (Å²) in [5, 5.41) is 10.6. The predicted octanol–water partition coefficient (Wildman–Crippen LogP) is 1.18. The number of hydrogen-bond donors (Lipinski definition) is 1. The topological polar surface area (TPSA) is 81.2 Å². The summed E-state index contributed by atoms with van der Waals surface area (Å²) in [6.45, 7) is 0. The Kier molecular flexibility index (Phi) is 3.22. The number of carbonyl (C=O) groups is 2. The zero-order valence-electron chi connectivity index (χ0n) is 11.2. The van der Waals surface area contributed by atoms with Crippen LogP contribution in [-0.2, 0) is 9.59 Å². The molecule has 0 radical (unpaired) electrons. The van der Waals surface area contributed by atoms with Crippen molar-refractivity contribution in [2.75, 3.05) is 7.11 Å². The number of ketones is 1. The third kappa shape index (κ3) is 2.17. The van der Waals surface area contributed by atoms with Crippen LogP contribution in [0.15, 0.2) is 12.3 Å². The van der Waals surface area contributed by atoms with Crippen molar-refractivity contribution in [3.05, 3.63) is 23.5 Å². The van der Waals surface area contributed by atoms with E-state index >= 15 is 0 Å². The van der Waals surface area contributed by atoms with Gasteiger partial charge in [-0.1, -0.05) is 6.42 Å². The molecular formula is C14H15N3O3. The highest BCUT2D eigenvalue weighted by Crippen LogP contribution is 2.40. The Morgan fingerprint density at radius 3 is 2.70 bits per heavy atom. The second-order valence-electron chi connectivity index (χ2n) is 5.05. The van der Waals surface area contributed by atoms with Crippen LogP contribution in [0.4, 0.5) is 0 Å². The van der Waals surface area contributed by atoms with Crippen molar-refractivity contribution in [1.29, 1.82) is 0 Å². The number of ether oxygens (including phenoxy) is 1. The number of Topliss-reactive ketones (excluding diaryl/α,β-unsaturated/α-hetero) is 1. The van der Waals surface area contributed by atoms with E-state index in [1.54, 1.807) is 7.11 Å². The first kappa shape index (κ1) is 12.8. The average molecular weight is 273 g/mol. The van der Waals surface area contributed by atoms with Crippen molar-refractivity contribution in [1.82, 2.24) is 15.5 Å². The molecule has 1 saturated carbocycles. The van der Waals surface area contributed by atoms with Gasteiger partial charge in [-0.2, -0.15) is 0 Å². The highest BCUT2D eigenvalue weighted by molar-refractivity contribution is 6.27. The van der Waals surface area contributed by atoms with Crippen molar-refractivity contribution in [2.45, 2.75) is 31.6 Å². The fraction of sp³-hybridized carbons (Fsp3) is 0.429. The fourth-order valence-corrected chi connectivity index (χ4v) is 2.44. The lowest BCUT2D eigenvalue weighted by Crippen LogP contribution is -2.27. The van der Waals surface area contributed by atoms with Gasteiger partial charge >= 0.3 is 0 Å². The number of carbonyl (C=O) groups excluding carboxylic acids is 2. The molecule has 20 heavy (non-hydrogen) atoms. The summed E-state index contributed by atoms with van der Waals surface area (Å²) >= 11 is 0. The summed E-state index contributed by atoms with van der Waals surface area (Å²) in [5.41, 5.74) is 1.90. The maximum absolute atomic E-state index is 11.9. The van der Waals surface area contributed by atoms with Gasteiger partial charge < -0.3 is 10.1 Å². The lowest BCUT2D eigenvalue weighted by atomic mass is 9.80. The molecule has 2 heterocycles. The van der Waals surface area contributed by atoms with Crippen molar-refractivity contribution in [3.63, 3.8) is 0 Å². The summed E-state index contributed by atoms with van der Waals surface area (Å²) < 4.78 is 5.24. The van der Waals surface area contributed by atoms with Gasteiger partial charge in [0.15, 0.2) is 5.78 Å². The molecule has 6 heteroatoms. The van der Waals surface area contributed by atoms with Crippen molar-refractivity contribution in [3.8, 4) is 5.88 Å². The Hall–Kier alpha value is -2.24. The first-order valence-corrected chi connectivity index (χ1v) is 6.63. The number of allylic oxidation sites excluding steroid dienone is 1. The molecule has 104 valence electrons. The summed E-state index contributed by atoms with van der Waals surface area (Å²) in [7, 11) is 1.57. The largest absolute Gasteiger partial charge is 0.480 e. The molecule has 6 nitrogen and oxygen atoms in total. The van der Waals surface area contributed by atoms with E-state index in [9.17, 15) is 9.59 Å². The second-order valence-corrected chi connectivity index (χ2v) is 5.05. The van der Waals surface area contributed by atoms with Crippen LogP contribution in [0, 0.1) is 0 Å². The summed E-state index contributed by atoms with van der Waals surface area (Å²) in [5.74, 6) is 0.423. The molecule has 0 atom stereocenters. The van der Waals surface area contributed by atoms with Crippen molar-refractivity contribution < 1.29 is 14.3 Å². The van der Waals surface area contributed by atoms with E-state index in [0.29, 0.717) is 23.1 Å². The number of nitrogens with zero attached hydrogens (tertiary/aromatic N) is 2. The van der Waals surface area contributed by atoms with E-state index in [1.807, 2.05) is 6.07 Å². The molecule has 1 fully saturated rings. The Labute approximate surface area is 116 Å². The molecule has 1 amide bonds. The molecule has 2 aliphatic rings. The van der Waals surface area contributed by atoms with E-state index < -0.39 is 0 Å². The molecule has 0 spiro atoms. The Morgan fingerprint density at radius 1 is 1.30 bits per heavy atom. The molecular weight excluding hydrogens is 258 g/mol. The zero-order valence-corrected chi connectivity index (χ0v) is 11.2. The monoisotopic (exact) mass is 273 g/mol. The summed E-state index contributed by atoms with van der Waals surface area (Å²) in [6, 6.07) is 1.86. The smallest absolute Gasteiger partial charge is 0.236 e. The minimum absolute atomic E-state index is 0.141. The molecule has 0 bridgehead atoms. The third-order valence-electron chi connectivity index (χ3n) is 3.80. The maximum atomic E-state index is 11.9. The van der Waals surface area contributed by atoms with Gasteiger partial charge in [-0.25, -0.2) is 0 Å². The number of nitrogens with one attached hydrogen (secondary N) is 1. The maximum Gasteiger partial charge on any atom is 0.236 e. The van der Waals surface area contributed by atoms with Gasteiger partial charge in [0.1, 0.15) is 0 Å². The van der Waals surface area contributed by atoms with E-state index in [4.69, 9.17) is 4.74 Å². The molecule has 1 aliphatic heterocycles. The lowest BCUT2D eigenvalue weighted by molar-refractivity contribution is -0.125. The number of methoxy groups -OCH3 is 1. The highest BCUT2D eigenvalue weighted by atomic mass is 16.5. The fourth-order valence-electron chi connectivity index (χ4n) is 2.44. The first-order valence-electron chi connectivity index (χ1n) is 6.63. The lowest BCUT2D eigenvalue weighted by Gasteiger charge is -2.26. The average Bonchev–Trinajstić information content (AvgIpc) is 2.37. The van der Waals surface area contributed by atoms with Gasteiger partial charge in [-0.15, -0.1) is 10.2 Å². The van der Waals surface area contributed by atoms with Crippen molar-refractivity contribution in [2.24, 2.45) is 0 Å². The molecule has 1 aromatic heterocycles. The van der Waals surface area contributed by atoms with Gasteiger partial charge in [0.25, 0.3) is 0 Å². The van der Waals surface area contributed by atoms with Crippen LogP contribution in [0.1, 0.15) is 42.9 Å². The first-order chi connectivity index (χ1) is 9.69. The molecule has 0 aromatic carbocycles. The molecule has 1 aromatic rings. The highest BCUT2D eigenvalue weighted by Gasteiger charge is 2.27. The van der Waals surface area contributed by atoms with Crippen LogP contribution < -0.4 is 10.1 Å². The Bertz CT molecular complexity index is 606. The van der Waals surface area contributed by atoms with Gasteiger partial charge in [-0.3, -0.25) is 9.59 Å². The molecule has 0 saturated heterocycles. The normalized spacial score (nSPS) is 19.1. The summed E-state index contributed by atoms with van der Waals surface area (Å²) in [4.78, 5) is 23.0. The molecule has 1 N–H and O–H groups in total. The Balaban J connectivity index is 1.98. The van der Waals surface area contributed by atoms with E-state index in [2.05, 4.69) is 15.5 Å². The molecule has 0 unspecified atom stereocenters. The van der Waals surface area contributed by atoms with Crippen LogP contribution in [0.2, 0.25) is 0 Å². The van der Waals surface area contributed by atoms with E-state index in [-0.39, 0.29) is 18.1 Å². The number of aromatic nitrogens is 2. The molecule has 1 aliphatic carbocycles. The third-order valence-corrected chi connectivity index (χ3v) is 3.80. The van der Waals surface area contributed by atoms with Gasteiger partial charge in [0, 0.05) is 11.8 Å². The molecule has 3 rings (SSSR count). The van der Waals surface area contributed by atoms with Crippen LogP contribution >= 0.6 is 0 Å². The van der Waals surface area contributed by atoms with Crippen LogP contribution in [0.25, 0.3) is 5.57 Å². The standard InChI is InChI=1S/C14H15N3O3/c1-20-14-9(8-3-2-4-8)5-11(16-17-14)10-7-15-13(19)6-12(10)18/h5,7-8H,2-4,6H2,1H3,(H,15,19). The van der Waals surface area contributed by atoms with Gasteiger partial charge in [-0.05, 0) is 24.8 Å². The van der Waals surface area contributed by atoms with Crippen LogP contribution in [-0.4, -0.2) is 29.0 Å². The SMILES string of the molecule is COc1nnc(C2=CNC(=O)CC2=O)cc1C1CCC1. The minimum atomic E-state index is -0.292. The number of rotatable bonds is 3. The van der Waals surface area contributed by atoms with Crippen LogP contribution in [0.5, 0.6) is 5.88 Å². The quantitative estimate of drug-likeness (QED) is 0.836. The minimum Gasteiger partial charge on any atom is -0.480 e. The van der Waals surface area contributed by atoms with Gasteiger partial charge in [0.2, 0.25) is 11.8 Å². The van der Waals surface area contributed by atoms with E-state index in [0.717, 1.165) is 18.4 Å². The number of amides is 1. The van der Waals surface area contributed by atoms with Gasteiger partial charge in [0.05, 0.1) is 24.8 Å². The van der Waals surface area contributed by atoms with Crippen LogP contribution in [0.3, 0.4) is 0 Å². The Morgan fingerprint density at radius 2 is 2.10 bits per heavy atom. The predicted molar refractivity (Wildman–Crippen MR) is 70.9 cm³/mol. The summed E-state index contributed by atoms with van der Waals surface area (Å²) in [6.07, 6.45) is 4.67. The van der Waals surface area contributed by atoms with Crippen molar-refractivity contribution >= 4 is 17.3 Å². The second kappa shape index (κ2) is 5.03. The van der Waals surface area contributed by atoms with E-state index in [1.165, 1.54) is 12.6 Å². The zero-order chi connectivity index (χ0) is 14.1.